The number of nitro benzene ring substituents is 1. The molecule has 136 valence electrons. The average Bonchev–Trinajstić information content (AvgIpc) is 3.02. The van der Waals surface area contributed by atoms with E-state index in [0.29, 0.717) is 24.3 Å². The van der Waals surface area contributed by atoms with Gasteiger partial charge in [0.05, 0.1) is 11.0 Å². The Labute approximate surface area is 146 Å². The summed E-state index contributed by atoms with van der Waals surface area (Å²) in [6.45, 7) is 4.32. The second-order valence-electron chi connectivity index (χ2n) is 6.78. The number of carbonyl (C=O) groups is 1. The number of piperazine rings is 1. The molecule has 1 aliphatic carbocycles. The Morgan fingerprint density at radius 3 is 2.60 bits per heavy atom. The molecular weight excluding hydrogens is 324 g/mol. The lowest BCUT2D eigenvalue weighted by Gasteiger charge is -2.39. The van der Waals surface area contributed by atoms with E-state index < -0.39 is 4.92 Å². The number of carbonyl (C=O) groups excluding carboxylic acids is 1. The minimum absolute atomic E-state index is 0.00200. The van der Waals surface area contributed by atoms with Crippen LogP contribution in [0.3, 0.4) is 0 Å². The van der Waals surface area contributed by atoms with Crippen LogP contribution in [0, 0.1) is 17.0 Å². The number of nitrogens with zero attached hydrogens (tertiary/aromatic N) is 3. The van der Waals surface area contributed by atoms with Gasteiger partial charge in [-0.2, -0.15) is 0 Å². The molecule has 2 atom stereocenters. The number of rotatable bonds is 3. The van der Waals surface area contributed by atoms with Crippen molar-refractivity contribution in [3.63, 3.8) is 0 Å². The smallest absolute Gasteiger partial charge is 0.321 e. The summed E-state index contributed by atoms with van der Waals surface area (Å²) in [7, 11) is 0. The third-order valence-electron chi connectivity index (χ3n) is 5.17. The molecule has 2 N–H and O–H groups in total. The first kappa shape index (κ1) is 17.6. The van der Waals surface area contributed by atoms with E-state index in [1.54, 1.807) is 24.0 Å². The number of aryl methyl sites for hydroxylation is 1. The van der Waals surface area contributed by atoms with Gasteiger partial charge in [0.1, 0.15) is 0 Å². The number of aliphatic hydroxyl groups is 1. The van der Waals surface area contributed by atoms with Crippen LogP contribution in [0.4, 0.5) is 16.2 Å². The summed E-state index contributed by atoms with van der Waals surface area (Å²) in [6.07, 6.45) is 2.67. The number of urea groups is 1. The van der Waals surface area contributed by atoms with Crippen molar-refractivity contribution < 1.29 is 14.8 Å². The van der Waals surface area contributed by atoms with Crippen LogP contribution in [0.5, 0.6) is 0 Å². The highest BCUT2D eigenvalue weighted by Gasteiger charge is 2.33. The molecule has 1 aromatic rings. The zero-order chi connectivity index (χ0) is 18.0. The summed E-state index contributed by atoms with van der Waals surface area (Å²) < 4.78 is 0. The molecule has 0 radical (unpaired) electrons. The maximum Gasteiger partial charge on any atom is 0.321 e. The SMILES string of the molecule is Cc1ccc(NC(=O)N2CCN([C@H]3CCC[C@@H]3O)CC2)cc1[N+](=O)[O-]. The molecule has 1 saturated carbocycles. The maximum atomic E-state index is 12.4. The van der Waals surface area contributed by atoms with Crippen LogP contribution in [-0.2, 0) is 0 Å². The zero-order valence-electron chi connectivity index (χ0n) is 14.4. The van der Waals surface area contributed by atoms with Crippen molar-refractivity contribution in [3.8, 4) is 0 Å². The highest BCUT2D eigenvalue weighted by Crippen LogP contribution is 2.26. The molecule has 8 nitrogen and oxygen atoms in total. The van der Waals surface area contributed by atoms with E-state index in [2.05, 4.69) is 10.2 Å². The van der Waals surface area contributed by atoms with Crippen molar-refractivity contribution >= 4 is 17.4 Å². The van der Waals surface area contributed by atoms with Crippen molar-refractivity contribution in [1.82, 2.24) is 9.80 Å². The van der Waals surface area contributed by atoms with Gasteiger partial charge in [0, 0.05) is 49.5 Å². The molecule has 1 aromatic carbocycles. The summed E-state index contributed by atoms with van der Waals surface area (Å²) >= 11 is 0. The number of nitrogens with one attached hydrogen (secondary N) is 1. The van der Waals surface area contributed by atoms with Crippen LogP contribution in [0.1, 0.15) is 24.8 Å². The molecule has 1 aliphatic heterocycles. The molecule has 0 unspecified atom stereocenters. The lowest BCUT2D eigenvalue weighted by Crippen LogP contribution is -2.54. The molecule has 0 bridgehead atoms. The molecule has 1 saturated heterocycles. The molecule has 25 heavy (non-hydrogen) atoms. The average molecular weight is 348 g/mol. The van der Waals surface area contributed by atoms with Gasteiger partial charge in [-0.15, -0.1) is 0 Å². The van der Waals surface area contributed by atoms with E-state index >= 15 is 0 Å². The van der Waals surface area contributed by atoms with Gasteiger partial charge < -0.3 is 15.3 Å². The fourth-order valence-electron chi connectivity index (χ4n) is 3.69. The number of hydrogen-bond donors (Lipinski definition) is 2. The number of amides is 2. The molecule has 2 amide bonds. The van der Waals surface area contributed by atoms with Crippen LogP contribution in [0.15, 0.2) is 18.2 Å². The van der Waals surface area contributed by atoms with Gasteiger partial charge in [-0.25, -0.2) is 4.79 Å². The van der Waals surface area contributed by atoms with Crippen LogP contribution in [-0.4, -0.2) is 64.2 Å². The van der Waals surface area contributed by atoms with E-state index in [-0.39, 0.29) is 23.9 Å². The predicted octanol–water partition coefficient (Wildman–Crippen LogP) is 1.97. The van der Waals surface area contributed by atoms with Gasteiger partial charge in [0.25, 0.3) is 5.69 Å². The first-order valence-corrected chi connectivity index (χ1v) is 8.69. The minimum atomic E-state index is -0.448. The Balaban J connectivity index is 1.56. The number of hydrogen-bond acceptors (Lipinski definition) is 5. The molecule has 2 fully saturated rings. The van der Waals surface area contributed by atoms with E-state index in [0.717, 1.165) is 32.4 Å². The molecular formula is C17H24N4O4. The number of nitro groups is 1. The first-order chi connectivity index (χ1) is 12.0. The van der Waals surface area contributed by atoms with Gasteiger partial charge >= 0.3 is 6.03 Å². The summed E-state index contributed by atoms with van der Waals surface area (Å²) in [5.41, 5.74) is 0.987. The largest absolute Gasteiger partial charge is 0.391 e. The highest BCUT2D eigenvalue weighted by molar-refractivity contribution is 5.89. The van der Waals surface area contributed by atoms with Crippen LogP contribution < -0.4 is 5.32 Å². The van der Waals surface area contributed by atoms with E-state index in [1.807, 2.05) is 0 Å². The van der Waals surface area contributed by atoms with Crippen LogP contribution >= 0.6 is 0 Å². The second kappa shape index (κ2) is 7.37. The molecule has 0 spiro atoms. The Morgan fingerprint density at radius 1 is 1.28 bits per heavy atom. The zero-order valence-corrected chi connectivity index (χ0v) is 14.4. The molecule has 3 rings (SSSR count). The van der Waals surface area contributed by atoms with E-state index in [1.165, 1.54) is 6.07 Å². The van der Waals surface area contributed by atoms with Crippen molar-refractivity contribution in [2.45, 2.75) is 38.3 Å². The number of aliphatic hydroxyl groups excluding tert-OH is 1. The maximum absolute atomic E-state index is 12.4. The molecule has 2 aliphatic rings. The van der Waals surface area contributed by atoms with Gasteiger partial charge in [-0.05, 0) is 32.3 Å². The third kappa shape index (κ3) is 3.91. The van der Waals surface area contributed by atoms with Crippen molar-refractivity contribution in [1.29, 1.82) is 0 Å². The number of benzene rings is 1. The van der Waals surface area contributed by atoms with Crippen LogP contribution in [0.2, 0.25) is 0 Å². The van der Waals surface area contributed by atoms with Gasteiger partial charge in [-0.1, -0.05) is 6.07 Å². The summed E-state index contributed by atoms with van der Waals surface area (Å²) in [5.74, 6) is 0. The fraction of sp³-hybridized carbons (Fsp3) is 0.588. The Bertz CT molecular complexity index is 658. The number of anilines is 1. The van der Waals surface area contributed by atoms with E-state index in [9.17, 15) is 20.0 Å². The predicted molar refractivity (Wildman–Crippen MR) is 93.6 cm³/mol. The Hall–Kier alpha value is -2.19. The fourth-order valence-corrected chi connectivity index (χ4v) is 3.69. The van der Waals surface area contributed by atoms with Gasteiger partial charge in [0.2, 0.25) is 0 Å². The molecule has 8 heteroatoms. The Kier molecular flexibility index (Phi) is 5.19. The van der Waals surface area contributed by atoms with Crippen molar-refractivity contribution in [2.75, 3.05) is 31.5 Å². The summed E-state index contributed by atoms with van der Waals surface area (Å²) in [5, 5.41) is 23.8. The molecule has 1 heterocycles. The lowest BCUT2D eigenvalue weighted by molar-refractivity contribution is -0.385. The summed E-state index contributed by atoms with van der Waals surface area (Å²) in [6, 6.07) is 4.66. The first-order valence-electron chi connectivity index (χ1n) is 8.69. The lowest BCUT2D eigenvalue weighted by atomic mass is 10.1. The molecule has 0 aromatic heterocycles. The standard InChI is InChI=1S/C17H24N4O4/c1-12-5-6-13(11-15(12)21(24)25)18-17(23)20-9-7-19(8-10-20)14-3-2-4-16(14)22/h5-6,11,14,16,22H,2-4,7-10H2,1H3,(H,18,23)/t14-,16-/m0/s1. The topological polar surface area (TPSA) is 99.0 Å². The summed E-state index contributed by atoms with van der Waals surface area (Å²) in [4.78, 5) is 26.9. The highest BCUT2D eigenvalue weighted by atomic mass is 16.6. The monoisotopic (exact) mass is 348 g/mol. The second-order valence-corrected chi connectivity index (χ2v) is 6.78. The quantitative estimate of drug-likeness (QED) is 0.643. The van der Waals surface area contributed by atoms with Crippen molar-refractivity contribution in [3.05, 3.63) is 33.9 Å². The van der Waals surface area contributed by atoms with Gasteiger partial charge in [0.15, 0.2) is 0 Å². The van der Waals surface area contributed by atoms with Crippen LogP contribution in [0.25, 0.3) is 0 Å². The minimum Gasteiger partial charge on any atom is -0.391 e. The van der Waals surface area contributed by atoms with E-state index in [4.69, 9.17) is 0 Å². The van der Waals surface area contributed by atoms with Gasteiger partial charge in [-0.3, -0.25) is 15.0 Å². The third-order valence-corrected chi connectivity index (χ3v) is 5.17. The Morgan fingerprint density at radius 2 is 2.00 bits per heavy atom. The normalized spacial score (nSPS) is 24.3. The van der Waals surface area contributed by atoms with Crippen molar-refractivity contribution in [2.24, 2.45) is 0 Å².